The number of primary amides is 1. The van der Waals surface area contributed by atoms with Gasteiger partial charge in [0.1, 0.15) is 18.1 Å². The molecule has 1 heterocycles. The van der Waals surface area contributed by atoms with Crippen molar-refractivity contribution in [3.8, 4) is 0 Å². The number of hydroxylamine groups is 2. The Kier molecular flexibility index (Phi) is 24.2. The van der Waals surface area contributed by atoms with Crippen molar-refractivity contribution in [3.63, 3.8) is 0 Å². The molecule has 5 atom stereocenters. The van der Waals surface area contributed by atoms with Crippen LogP contribution in [0.2, 0.25) is 0 Å². The number of likely N-dealkylation sites (N-methyl/N-ethyl adjacent to an activating group) is 2. The lowest BCUT2D eigenvalue weighted by molar-refractivity contribution is -0.197. The minimum Gasteiger partial charge on any atom is -0.352 e. The van der Waals surface area contributed by atoms with E-state index in [-0.39, 0.29) is 85.9 Å². The Hall–Kier alpha value is -7.21. The Morgan fingerprint density at radius 1 is 0.769 bits per heavy atom. The zero-order valence-corrected chi connectivity index (χ0v) is 47.7. The molecule has 23 nitrogen and oxygen atoms in total. The van der Waals surface area contributed by atoms with E-state index in [4.69, 9.17) is 10.6 Å². The first-order valence-corrected chi connectivity index (χ1v) is 27.5. The number of carbonyl (C=O) groups is 10. The van der Waals surface area contributed by atoms with Crippen molar-refractivity contribution >= 4 is 75.0 Å². The highest BCUT2D eigenvalue weighted by molar-refractivity contribution is 7.90. The number of nitrogens with one attached hydrogen (secondary N) is 7. The molecule has 0 radical (unpaired) electrons. The van der Waals surface area contributed by atoms with Gasteiger partial charge in [-0.2, -0.15) is 0 Å². The zero-order valence-electron chi connectivity index (χ0n) is 46.9. The predicted molar refractivity (Wildman–Crippen MR) is 290 cm³/mol. The van der Waals surface area contributed by atoms with Crippen molar-refractivity contribution in [2.24, 2.45) is 23.0 Å². The summed E-state index contributed by atoms with van der Waals surface area (Å²) in [5, 5.41) is 16.9. The maximum absolute atomic E-state index is 14.4. The average Bonchev–Trinajstić information content (AvgIpc) is 3.67. The first kappa shape index (κ1) is 65.1. The van der Waals surface area contributed by atoms with Crippen molar-refractivity contribution in [2.75, 3.05) is 26.0 Å². The fourth-order valence-corrected chi connectivity index (χ4v) is 9.58. The summed E-state index contributed by atoms with van der Waals surface area (Å²) >= 11 is 0. The lowest BCUT2D eigenvalue weighted by Gasteiger charge is -2.40. The second kappa shape index (κ2) is 29.0. The first-order chi connectivity index (χ1) is 36.3. The van der Waals surface area contributed by atoms with E-state index in [1.54, 1.807) is 27.9 Å². The summed E-state index contributed by atoms with van der Waals surface area (Å²) in [5.41, 5.74) is 4.80. The van der Waals surface area contributed by atoms with Gasteiger partial charge in [-0.15, -0.1) is 5.06 Å². The van der Waals surface area contributed by atoms with Crippen LogP contribution in [0.25, 0.3) is 0 Å². The average molecular weight is 1110 g/mol. The van der Waals surface area contributed by atoms with Gasteiger partial charge in [0, 0.05) is 56.0 Å². The molecule has 0 bridgehead atoms. The molecule has 24 heteroatoms. The maximum atomic E-state index is 14.4. The SMILES string of the molecule is CN[C@H](C(=O)N[C@H](C(=O)N(C)[C@H](/C=C(\C)C(=O)NS(=O)(=O)c1ccc(NC(=O)[C@@H](CCCNC(N)=O)NC(=O)[C@H](NC(=O)CCCCC(=O)ON2C(=O)CCC2=O)C(C)C)cc1)C(C)C)C(C)(C)C)C(C)(C)c1ccccc1. The molecule has 1 aliphatic rings. The minimum absolute atomic E-state index is 0.00712. The second-order valence-corrected chi connectivity index (χ2v) is 23.3. The third-order valence-electron chi connectivity index (χ3n) is 13.2. The van der Waals surface area contributed by atoms with Gasteiger partial charge < -0.3 is 47.4 Å². The highest BCUT2D eigenvalue weighted by Crippen LogP contribution is 2.29. The van der Waals surface area contributed by atoms with Crippen LogP contribution in [0.15, 0.2) is 71.1 Å². The van der Waals surface area contributed by atoms with Gasteiger partial charge in [0.05, 0.1) is 17.0 Å². The normalized spacial score (nSPS) is 15.1. The van der Waals surface area contributed by atoms with Crippen molar-refractivity contribution in [2.45, 2.75) is 161 Å². The number of nitrogens with two attached hydrogens (primary N) is 1. The Morgan fingerprint density at radius 3 is 1.90 bits per heavy atom. The molecule has 0 aromatic heterocycles. The second-order valence-electron chi connectivity index (χ2n) is 21.6. The molecule has 2 aromatic rings. The number of hydrogen-bond acceptors (Lipinski definition) is 14. The molecular weight excluding hydrogens is 1030 g/mol. The molecular formula is C54H80N10O13S. The number of carbonyl (C=O) groups excluding carboxylic acids is 10. The summed E-state index contributed by atoms with van der Waals surface area (Å²) in [6.07, 6.45) is 1.69. The Labute approximate surface area is 457 Å². The molecule has 1 aliphatic heterocycles. The summed E-state index contributed by atoms with van der Waals surface area (Å²) in [6, 6.07) is 8.83. The van der Waals surface area contributed by atoms with Gasteiger partial charge in [-0.05, 0) is 86.7 Å². The molecule has 10 amide bonds. The van der Waals surface area contributed by atoms with Gasteiger partial charge in [-0.3, -0.25) is 38.4 Å². The molecule has 0 aliphatic carbocycles. The Bertz CT molecular complexity index is 2620. The molecule has 78 heavy (non-hydrogen) atoms. The predicted octanol–water partition coefficient (Wildman–Crippen LogP) is 3.20. The highest BCUT2D eigenvalue weighted by Gasteiger charge is 2.42. The number of benzene rings is 2. The summed E-state index contributed by atoms with van der Waals surface area (Å²) in [4.78, 5) is 135. The molecule has 430 valence electrons. The monoisotopic (exact) mass is 1110 g/mol. The molecule has 1 fully saturated rings. The smallest absolute Gasteiger partial charge is 0.333 e. The van der Waals surface area contributed by atoms with Gasteiger partial charge in [0.2, 0.25) is 29.5 Å². The first-order valence-electron chi connectivity index (χ1n) is 26.0. The van der Waals surface area contributed by atoms with E-state index >= 15 is 0 Å². The molecule has 2 aromatic carbocycles. The Balaban J connectivity index is 1.70. The van der Waals surface area contributed by atoms with E-state index in [0.717, 1.165) is 17.7 Å². The number of urea groups is 1. The number of nitrogens with zero attached hydrogens (tertiary/aromatic N) is 2. The quantitative estimate of drug-likeness (QED) is 0.0345. The molecule has 3 rings (SSSR count). The van der Waals surface area contributed by atoms with Crippen LogP contribution < -0.4 is 42.4 Å². The molecule has 0 unspecified atom stereocenters. The van der Waals surface area contributed by atoms with Crippen LogP contribution in [0.5, 0.6) is 0 Å². The van der Waals surface area contributed by atoms with E-state index in [1.165, 1.54) is 30.0 Å². The summed E-state index contributed by atoms with van der Waals surface area (Å²) in [7, 11) is -1.26. The van der Waals surface area contributed by atoms with Gasteiger partial charge in [0.25, 0.3) is 27.7 Å². The van der Waals surface area contributed by atoms with Crippen LogP contribution >= 0.6 is 0 Å². The Morgan fingerprint density at radius 2 is 1.36 bits per heavy atom. The number of imide groups is 1. The van der Waals surface area contributed by atoms with E-state index in [0.29, 0.717) is 5.06 Å². The largest absolute Gasteiger partial charge is 0.352 e. The van der Waals surface area contributed by atoms with E-state index in [9.17, 15) is 56.4 Å². The van der Waals surface area contributed by atoms with Crippen LogP contribution in [0.4, 0.5) is 10.5 Å². The van der Waals surface area contributed by atoms with E-state index in [1.807, 2.05) is 78.8 Å². The van der Waals surface area contributed by atoms with Crippen LogP contribution in [0.1, 0.15) is 126 Å². The van der Waals surface area contributed by atoms with Gasteiger partial charge in [0.15, 0.2) is 0 Å². The summed E-state index contributed by atoms with van der Waals surface area (Å²) in [5.74, 6) is -6.49. The van der Waals surface area contributed by atoms with Gasteiger partial charge >= 0.3 is 12.0 Å². The highest BCUT2D eigenvalue weighted by atomic mass is 32.2. The van der Waals surface area contributed by atoms with Crippen molar-refractivity contribution in [1.82, 2.24) is 41.3 Å². The number of rotatable bonds is 28. The molecule has 9 N–H and O–H groups in total. The van der Waals surface area contributed by atoms with Gasteiger partial charge in [-0.1, -0.05) is 98.7 Å². The van der Waals surface area contributed by atoms with Crippen LogP contribution in [-0.2, 0) is 63.4 Å². The van der Waals surface area contributed by atoms with Crippen LogP contribution in [-0.4, -0.2) is 128 Å². The number of hydrogen-bond donors (Lipinski definition) is 8. The van der Waals surface area contributed by atoms with E-state index < -0.39 is 110 Å². The summed E-state index contributed by atoms with van der Waals surface area (Å²) < 4.78 is 29.2. The number of sulfonamides is 1. The lowest BCUT2D eigenvalue weighted by Crippen LogP contribution is -2.61. The van der Waals surface area contributed by atoms with Crippen molar-refractivity contribution < 1.29 is 61.2 Å². The standard InChI is InChI=1S/C54H80N10O13S/c1-32(2)39(63(12)51(73)46(53(6,7)8)61-50(72)45(56-11)54(9,10)35-19-14-13-15-20-35)31-34(5)47(69)62-78(75,76)37-26-24-36(25-27-37)58-48(70)38(21-18-30-57-52(55)74)59-49(71)44(33(3)4)60-40(65)22-16-17-23-43(68)77-64-41(66)28-29-42(64)67/h13-15,19-20,24-27,31-33,38-39,44-46,56H,16-18,21-23,28-30H2,1-12H3,(H,58,70)(H,59,71)(H,60,65)(H,61,72)(H,62,69)(H3,55,57,74)/b34-31+/t38-,39-,44-,45-,46-/m1/s1. The third kappa shape index (κ3) is 19.1. The number of amides is 10. The third-order valence-corrected chi connectivity index (χ3v) is 14.6. The zero-order chi connectivity index (χ0) is 58.9. The van der Waals surface area contributed by atoms with Gasteiger partial charge in [-0.25, -0.2) is 22.7 Å². The molecule has 1 saturated heterocycles. The van der Waals surface area contributed by atoms with Crippen LogP contribution in [0.3, 0.4) is 0 Å². The fraction of sp³-hybridized carbons (Fsp3) is 0.556. The maximum Gasteiger partial charge on any atom is 0.333 e. The number of anilines is 1. The van der Waals surface area contributed by atoms with Crippen molar-refractivity contribution in [1.29, 1.82) is 0 Å². The molecule has 0 spiro atoms. The van der Waals surface area contributed by atoms with Crippen LogP contribution in [0, 0.1) is 17.3 Å². The minimum atomic E-state index is -4.50. The number of unbranched alkanes of at least 4 members (excludes halogenated alkanes) is 1. The van der Waals surface area contributed by atoms with Crippen molar-refractivity contribution in [3.05, 3.63) is 71.8 Å². The fourth-order valence-electron chi connectivity index (χ4n) is 8.56. The molecule has 0 saturated carbocycles. The topological polar surface area (TPSA) is 331 Å². The lowest BCUT2D eigenvalue weighted by atomic mass is 9.76. The summed E-state index contributed by atoms with van der Waals surface area (Å²) in [6.45, 7) is 17.9. The van der Waals surface area contributed by atoms with E-state index in [2.05, 4.69) is 36.6 Å².